The Labute approximate surface area is 252 Å². The van der Waals surface area contributed by atoms with Gasteiger partial charge in [0.1, 0.15) is 24.9 Å². The topological polar surface area (TPSA) is 132 Å². The normalized spacial score (nSPS) is 11.5. The number of anilines is 1. The van der Waals surface area contributed by atoms with Crippen molar-refractivity contribution in [1.29, 1.82) is 0 Å². The lowest BCUT2D eigenvalue weighted by Crippen LogP contribution is -2.45. The second-order valence-corrected chi connectivity index (χ2v) is 10.8. The van der Waals surface area contributed by atoms with Crippen molar-refractivity contribution in [2.45, 2.75) is 64.9 Å². The summed E-state index contributed by atoms with van der Waals surface area (Å²) in [4.78, 5) is 49.9. The molecule has 10 nitrogen and oxygen atoms in total. The van der Waals surface area contributed by atoms with Crippen LogP contribution in [0, 0.1) is 0 Å². The number of rotatable bonds is 13. The van der Waals surface area contributed by atoms with Crippen molar-refractivity contribution < 1.29 is 33.4 Å². The smallest absolute Gasteiger partial charge is 0.408 e. The first-order valence-corrected chi connectivity index (χ1v) is 14.1. The van der Waals surface area contributed by atoms with E-state index in [1.54, 1.807) is 45.0 Å². The molecular formula is C33H39N3O7. The molecule has 10 heteroatoms. The van der Waals surface area contributed by atoms with Crippen molar-refractivity contribution in [2.75, 3.05) is 11.9 Å². The van der Waals surface area contributed by atoms with Crippen molar-refractivity contribution in [3.63, 3.8) is 0 Å². The Hall–Kier alpha value is -4.86. The third-order valence-corrected chi connectivity index (χ3v) is 6.01. The van der Waals surface area contributed by atoms with E-state index >= 15 is 0 Å². The predicted molar refractivity (Wildman–Crippen MR) is 162 cm³/mol. The molecule has 0 saturated heterocycles. The van der Waals surface area contributed by atoms with Crippen LogP contribution < -0.4 is 16.0 Å². The van der Waals surface area contributed by atoms with E-state index in [-0.39, 0.29) is 13.2 Å². The van der Waals surface area contributed by atoms with Gasteiger partial charge in [0.25, 0.3) is 0 Å². The highest BCUT2D eigenvalue weighted by atomic mass is 16.6. The summed E-state index contributed by atoms with van der Waals surface area (Å²) < 4.78 is 15.9. The number of benzene rings is 3. The van der Waals surface area contributed by atoms with Crippen LogP contribution in [-0.2, 0) is 32.2 Å². The summed E-state index contributed by atoms with van der Waals surface area (Å²) in [5.74, 6) is -0.927. The second-order valence-electron chi connectivity index (χ2n) is 10.8. The monoisotopic (exact) mass is 589 g/mol. The van der Waals surface area contributed by atoms with Crippen molar-refractivity contribution in [2.24, 2.45) is 0 Å². The number of nitrogens with one attached hydrogen (secondary N) is 3. The third kappa shape index (κ3) is 12.7. The highest BCUT2D eigenvalue weighted by Crippen LogP contribution is 2.14. The van der Waals surface area contributed by atoms with Gasteiger partial charge in [-0.2, -0.15) is 0 Å². The molecule has 3 amide bonds. The molecule has 3 aromatic carbocycles. The maximum absolute atomic E-state index is 13.1. The average molecular weight is 590 g/mol. The molecule has 0 saturated carbocycles. The zero-order chi connectivity index (χ0) is 31.1. The van der Waals surface area contributed by atoms with Crippen LogP contribution in [0.1, 0.15) is 61.5 Å². The molecular weight excluding hydrogens is 550 g/mol. The number of carbonyl (C=O) groups excluding carboxylic acids is 4. The largest absolute Gasteiger partial charge is 0.457 e. The van der Waals surface area contributed by atoms with Crippen LogP contribution in [0.5, 0.6) is 0 Å². The highest BCUT2D eigenvalue weighted by molar-refractivity contribution is 5.97. The van der Waals surface area contributed by atoms with Gasteiger partial charge in [0.15, 0.2) is 0 Å². The first-order chi connectivity index (χ1) is 20.6. The molecule has 0 radical (unpaired) electrons. The summed E-state index contributed by atoms with van der Waals surface area (Å²) in [5.41, 5.74) is 1.81. The number of hydrogen-bond donors (Lipinski definition) is 3. The van der Waals surface area contributed by atoms with E-state index in [4.69, 9.17) is 14.2 Å². The Morgan fingerprint density at radius 2 is 1.30 bits per heavy atom. The van der Waals surface area contributed by atoms with E-state index in [0.717, 1.165) is 11.1 Å². The quantitative estimate of drug-likeness (QED) is 0.127. The van der Waals surface area contributed by atoms with Crippen LogP contribution in [-0.4, -0.2) is 42.3 Å². The molecule has 0 aliphatic heterocycles. The molecule has 0 fully saturated rings. The summed E-state index contributed by atoms with van der Waals surface area (Å²) in [6.45, 7) is 5.87. The highest BCUT2D eigenvalue weighted by Gasteiger charge is 2.24. The molecule has 0 bridgehead atoms. The first-order valence-electron chi connectivity index (χ1n) is 14.1. The number of unbranched alkanes of at least 4 members (excludes halogenated alkanes) is 1. The number of esters is 1. The summed E-state index contributed by atoms with van der Waals surface area (Å²) in [5, 5.41) is 8.10. The fourth-order valence-corrected chi connectivity index (χ4v) is 3.88. The summed E-state index contributed by atoms with van der Waals surface area (Å²) in [7, 11) is 0. The minimum absolute atomic E-state index is 0.153. The Morgan fingerprint density at radius 1 is 0.721 bits per heavy atom. The fourth-order valence-electron chi connectivity index (χ4n) is 3.88. The van der Waals surface area contributed by atoms with E-state index in [1.165, 1.54) is 0 Å². The van der Waals surface area contributed by atoms with Gasteiger partial charge in [0.05, 0.1) is 5.56 Å². The molecule has 3 N–H and O–H groups in total. The zero-order valence-corrected chi connectivity index (χ0v) is 24.8. The van der Waals surface area contributed by atoms with Gasteiger partial charge >= 0.3 is 18.2 Å². The third-order valence-electron chi connectivity index (χ3n) is 6.01. The predicted octanol–water partition coefficient (Wildman–Crippen LogP) is 5.97. The molecule has 0 unspecified atom stereocenters. The summed E-state index contributed by atoms with van der Waals surface area (Å²) in [6, 6.07) is 24.1. The summed E-state index contributed by atoms with van der Waals surface area (Å²) in [6.07, 6.45) is 0.138. The lowest BCUT2D eigenvalue weighted by atomic mass is 10.1. The summed E-state index contributed by atoms with van der Waals surface area (Å²) >= 11 is 0. The molecule has 3 aromatic rings. The molecule has 0 heterocycles. The van der Waals surface area contributed by atoms with Crippen molar-refractivity contribution >= 4 is 29.8 Å². The number of carbonyl (C=O) groups is 4. The van der Waals surface area contributed by atoms with Crippen LogP contribution in [0.25, 0.3) is 0 Å². The van der Waals surface area contributed by atoms with Crippen LogP contribution in [0.4, 0.5) is 15.3 Å². The molecule has 1 atom stereocenters. The van der Waals surface area contributed by atoms with E-state index in [1.807, 2.05) is 60.7 Å². The molecule has 0 aliphatic carbocycles. The van der Waals surface area contributed by atoms with E-state index in [9.17, 15) is 19.2 Å². The standard InChI is InChI=1S/C33H39N3O7/c1-33(2,3)43-32(40)36-28(16-10-11-21-34-31(39)42-23-25-14-8-5-9-15-25)29(37)35-27-19-17-26(18-20-27)30(38)41-22-24-12-6-4-7-13-24/h4-9,12-15,17-20,28H,10-11,16,21-23H2,1-3H3,(H,34,39)(H,35,37)(H,36,40)/t28-/m0/s1. The van der Waals surface area contributed by atoms with Crippen LogP contribution in [0.15, 0.2) is 84.9 Å². The van der Waals surface area contributed by atoms with Crippen molar-refractivity contribution in [3.05, 3.63) is 102 Å². The first kappa shape index (κ1) is 32.7. The van der Waals surface area contributed by atoms with Gasteiger partial charge < -0.3 is 30.2 Å². The SMILES string of the molecule is CC(C)(C)OC(=O)N[C@@H](CCCCNC(=O)OCc1ccccc1)C(=O)Nc1ccc(C(=O)OCc2ccccc2)cc1. The maximum atomic E-state index is 13.1. The number of ether oxygens (including phenoxy) is 3. The number of amides is 3. The number of alkyl carbamates (subject to hydrolysis) is 2. The van der Waals surface area contributed by atoms with Gasteiger partial charge in [-0.25, -0.2) is 14.4 Å². The van der Waals surface area contributed by atoms with Gasteiger partial charge in [0, 0.05) is 12.2 Å². The van der Waals surface area contributed by atoms with E-state index in [0.29, 0.717) is 37.1 Å². The minimum Gasteiger partial charge on any atom is -0.457 e. The lowest BCUT2D eigenvalue weighted by Gasteiger charge is -2.23. The molecule has 3 rings (SSSR count). The lowest BCUT2D eigenvalue weighted by molar-refractivity contribution is -0.118. The fraction of sp³-hybridized carbons (Fsp3) is 0.333. The zero-order valence-electron chi connectivity index (χ0n) is 24.8. The van der Waals surface area contributed by atoms with E-state index < -0.39 is 35.7 Å². The Bertz CT molecular complexity index is 1320. The van der Waals surface area contributed by atoms with Gasteiger partial charge in [-0.1, -0.05) is 60.7 Å². The van der Waals surface area contributed by atoms with Crippen LogP contribution >= 0.6 is 0 Å². The van der Waals surface area contributed by atoms with Gasteiger partial charge in [0.2, 0.25) is 5.91 Å². The minimum atomic E-state index is -0.893. The Balaban J connectivity index is 1.48. The van der Waals surface area contributed by atoms with Gasteiger partial charge in [-0.3, -0.25) is 4.79 Å². The second kappa shape index (κ2) is 16.5. The molecule has 43 heavy (non-hydrogen) atoms. The molecule has 0 aromatic heterocycles. The van der Waals surface area contributed by atoms with Gasteiger partial charge in [-0.05, 0) is 75.4 Å². The number of hydrogen-bond acceptors (Lipinski definition) is 7. The molecule has 0 aliphatic rings. The Kier molecular flexibility index (Phi) is 12.6. The van der Waals surface area contributed by atoms with Gasteiger partial charge in [-0.15, -0.1) is 0 Å². The van der Waals surface area contributed by atoms with Crippen LogP contribution in [0.3, 0.4) is 0 Å². The maximum Gasteiger partial charge on any atom is 0.408 e. The van der Waals surface area contributed by atoms with Crippen molar-refractivity contribution in [3.8, 4) is 0 Å². The Morgan fingerprint density at radius 3 is 1.88 bits per heavy atom. The average Bonchev–Trinajstić information content (AvgIpc) is 2.98. The van der Waals surface area contributed by atoms with Crippen molar-refractivity contribution in [1.82, 2.24) is 10.6 Å². The van der Waals surface area contributed by atoms with Crippen LogP contribution in [0.2, 0.25) is 0 Å². The molecule has 0 spiro atoms. The van der Waals surface area contributed by atoms with E-state index in [2.05, 4.69) is 16.0 Å². The molecule has 228 valence electrons.